The molecule has 0 saturated carbocycles. The van der Waals surface area contributed by atoms with Crippen LogP contribution < -0.4 is 0 Å². The van der Waals surface area contributed by atoms with Crippen LogP contribution in [0.2, 0.25) is 5.02 Å². The van der Waals surface area contributed by atoms with E-state index in [1.165, 1.54) is 5.56 Å². The van der Waals surface area contributed by atoms with E-state index in [9.17, 15) is 0 Å². The lowest BCUT2D eigenvalue weighted by atomic mass is 10.0. The maximum absolute atomic E-state index is 6.45. The van der Waals surface area contributed by atoms with Crippen LogP contribution in [0.5, 0.6) is 0 Å². The van der Waals surface area contributed by atoms with E-state index in [4.69, 9.17) is 23.2 Å². The maximum atomic E-state index is 6.45. The van der Waals surface area contributed by atoms with Gasteiger partial charge in [0.25, 0.3) is 0 Å². The van der Waals surface area contributed by atoms with Crippen LogP contribution in [-0.2, 0) is 6.42 Å². The van der Waals surface area contributed by atoms with Crippen molar-refractivity contribution in [3.05, 3.63) is 67.6 Å². The number of halogens is 4. The first-order chi connectivity index (χ1) is 8.56. The number of hydrogen-bond donors (Lipinski definition) is 0. The highest BCUT2D eigenvalue weighted by atomic mass is 79.9. The zero-order valence-electron chi connectivity index (χ0n) is 9.34. The van der Waals surface area contributed by atoms with E-state index in [0.29, 0.717) is 5.02 Å². The molecule has 0 bridgehead atoms. The van der Waals surface area contributed by atoms with E-state index < -0.39 is 0 Å². The Morgan fingerprint density at radius 2 is 1.67 bits per heavy atom. The molecule has 4 heteroatoms. The van der Waals surface area contributed by atoms with E-state index in [2.05, 4.69) is 44.0 Å². The van der Waals surface area contributed by atoms with Gasteiger partial charge in [-0.15, -0.1) is 11.6 Å². The number of rotatable bonds is 3. The average molecular weight is 409 g/mol. The molecule has 0 aromatic heterocycles. The summed E-state index contributed by atoms with van der Waals surface area (Å²) in [5.74, 6) is 0. The van der Waals surface area contributed by atoms with Crippen molar-refractivity contribution < 1.29 is 0 Å². The van der Waals surface area contributed by atoms with Gasteiger partial charge in [-0.3, -0.25) is 0 Å². The van der Waals surface area contributed by atoms with E-state index in [0.717, 1.165) is 20.9 Å². The van der Waals surface area contributed by atoms with Crippen LogP contribution in [0, 0.1) is 0 Å². The third kappa shape index (κ3) is 3.74. The summed E-state index contributed by atoms with van der Waals surface area (Å²) < 4.78 is 2.03. The van der Waals surface area contributed by atoms with Gasteiger partial charge in [0, 0.05) is 14.0 Å². The second-order valence-electron chi connectivity index (χ2n) is 3.96. The molecule has 2 rings (SSSR count). The summed E-state index contributed by atoms with van der Waals surface area (Å²) in [5, 5.41) is 0.635. The van der Waals surface area contributed by atoms with Gasteiger partial charge in [0.15, 0.2) is 0 Å². The van der Waals surface area contributed by atoms with Gasteiger partial charge >= 0.3 is 0 Å². The normalized spacial score (nSPS) is 12.4. The molecule has 0 amide bonds. The van der Waals surface area contributed by atoms with Crippen molar-refractivity contribution >= 4 is 55.1 Å². The first-order valence-electron chi connectivity index (χ1n) is 5.40. The van der Waals surface area contributed by atoms with Crippen LogP contribution in [0.1, 0.15) is 16.5 Å². The lowest BCUT2D eigenvalue weighted by molar-refractivity contribution is 0.914. The molecule has 18 heavy (non-hydrogen) atoms. The molecule has 0 aliphatic rings. The van der Waals surface area contributed by atoms with Gasteiger partial charge in [-0.2, -0.15) is 0 Å². The number of alkyl halides is 1. The molecule has 0 heterocycles. The Labute approximate surface area is 134 Å². The SMILES string of the molecule is Clc1ccc(C(Cl)Cc2ccc(Br)cc2)c(Br)c1. The molecule has 0 aliphatic carbocycles. The molecule has 0 aliphatic heterocycles. The topological polar surface area (TPSA) is 0 Å². The van der Waals surface area contributed by atoms with Gasteiger partial charge in [-0.1, -0.05) is 61.7 Å². The predicted molar refractivity (Wildman–Crippen MR) is 85.6 cm³/mol. The third-order valence-electron chi connectivity index (χ3n) is 2.63. The summed E-state index contributed by atoms with van der Waals surface area (Å²) in [4.78, 5) is 0. The van der Waals surface area contributed by atoms with Crippen molar-refractivity contribution in [2.45, 2.75) is 11.8 Å². The van der Waals surface area contributed by atoms with Crippen molar-refractivity contribution in [3.63, 3.8) is 0 Å². The van der Waals surface area contributed by atoms with Crippen LogP contribution in [0.3, 0.4) is 0 Å². The summed E-state index contributed by atoms with van der Waals surface area (Å²) in [6.45, 7) is 0. The van der Waals surface area contributed by atoms with Crippen molar-refractivity contribution in [3.8, 4) is 0 Å². The van der Waals surface area contributed by atoms with Crippen molar-refractivity contribution in [2.24, 2.45) is 0 Å². The summed E-state index contributed by atoms with van der Waals surface area (Å²) in [6, 6.07) is 13.9. The van der Waals surface area contributed by atoms with Gasteiger partial charge in [-0.25, -0.2) is 0 Å². The Kier molecular flexibility index (Phi) is 5.14. The highest BCUT2D eigenvalue weighted by Gasteiger charge is 2.12. The molecule has 2 aromatic rings. The van der Waals surface area contributed by atoms with Crippen molar-refractivity contribution in [1.29, 1.82) is 0 Å². The molecular weight excluding hydrogens is 399 g/mol. The Morgan fingerprint density at radius 1 is 1.00 bits per heavy atom. The number of benzene rings is 2. The van der Waals surface area contributed by atoms with Gasteiger partial charge in [0.05, 0.1) is 5.38 Å². The first kappa shape index (κ1) is 14.4. The fourth-order valence-electron chi connectivity index (χ4n) is 1.69. The third-order valence-corrected chi connectivity index (χ3v) is 4.47. The zero-order chi connectivity index (χ0) is 13.1. The molecule has 0 nitrogen and oxygen atoms in total. The van der Waals surface area contributed by atoms with Crippen LogP contribution >= 0.6 is 55.1 Å². The molecule has 1 unspecified atom stereocenters. The lowest BCUT2D eigenvalue weighted by Crippen LogP contribution is -1.97. The second-order valence-corrected chi connectivity index (χ2v) is 6.70. The van der Waals surface area contributed by atoms with Crippen LogP contribution in [0.4, 0.5) is 0 Å². The second kappa shape index (κ2) is 6.42. The first-order valence-corrected chi connectivity index (χ1v) is 7.80. The van der Waals surface area contributed by atoms with E-state index in [1.54, 1.807) is 0 Å². The highest BCUT2D eigenvalue weighted by Crippen LogP contribution is 2.32. The predicted octanol–water partition coefficient (Wildman–Crippen LogP) is 6.39. The summed E-state index contributed by atoms with van der Waals surface area (Å²) in [7, 11) is 0. The molecule has 0 fully saturated rings. The average Bonchev–Trinajstić information content (AvgIpc) is 2.32. The summed E-state index contributed by atoms with van der Waals surface area (Å²) in [5.41, 5.74) is 2.27. The molecule has 0 saturated heterocycles. The van der Waals surface area contributed by atoms with Gasteiger partial charge < -0.3 is 0 Å². The molecule has 0 spiro atoms. The fraction of sp³-hybridized carbons (Fsp3) is 0.143. The van der Waals surface area contributed by atoms with Gasteiger partial charge in [0.1, 0.15) is 0 Å². The Hall–Kier alpha value is -0.0200. The van der Waals surface area contributed by atoms with Crippen LogP contribution in [-0.4, -0.2) is 0 Å². The minimum Gasteiger partial charge on any atom is -0.117 e. The highest BCUT2D eigenvalue weighted by molar-refractivity contribution is 9.10. The molecule has 0 radical (unpaired) electrons. The molecule has 1 atom stereocenters. The van der Waals surface area contributed by atoms with E-state index in [-0.39, 0.29) is 5.38 Å². The Bertz CT molecular complexity index is 538. The quantitative estimate of drug-likeness (QED) is 0.516. The molecular formula is C14H10Br2Cl2. The molecule has 0 N–H and O–H groups in total. The largest absolute Gasteiger partial charge is 0.117 e. The molecule has 94 valence electrons. The number of hydrogen-bond acceptors (Lipinski definition) is 0. The maximum Gasteiger partial charge on any atom is 0.0636 e. The Morgan fingerprint density at radius 3 is 2.28 bits per heavy atom. The zero-order valence-corrected chi connectivity index (χ0v) is 14.0. The van der Waals surface area contributed by atoms with Gasteiger partial charge in [0.2, 0.25) is 0 Å². The summed E-state index contributed by atoms with van der Waals surface area (Å²) in [6.07, 6.45) is 0.787. The van der Waals surface area contributed by atoms with E-state index >= 15 is 0 Å². The standard InChI is InChI=1S/C14H10Br2Cl2/c15-10-3-1-9(2-4-10)7-14(18)12-6-5-11(17)8-13(12)16/h1-6,8,14H,7H2. The van der Waals surface area contributed by atoms with Crippen molar-refractivity contribution in [1.82, 2.24) is 0 Å². The minimum atomic E-state index is -0.0715. The van der Waals surface area contributed by atoms with Crippen LogP contribution in [0.15, 0.2) is 51.4 Å². The monoisotopic (exact) mass is 406 g/mol. The summed E-state index contributed by atoms with van der Waals surface area (Å²) >= 11 is 19.3. The van der Waals surface area contributed by atoms with Gasteiger partial charge in [-0.05, 0) is 41.8 Å². The van der Waals surface area contributed by atoms with Crippen molar-refractivity contribution in [2.75, 3.05) is 0 Å². The van der Waals surface area contributed by atoms with Crippen LogP contribution in [0.25, 0.3) is 0 Å². The minimum absolute atomic E-state index is 0.0715. The van der Waals surface area contributed by atoms with E-state index in [1.807, 2.05) is 30.3 Å². The smallest absolute Gasteiger partial charge is 0.0636 e. The fourth-order valence-corrected chi connectivity index (χ4v) is 3.42. The lowest BCUT2D eigenvalue weighted by Gasteiger charge is -2.12. The molecule has 2 aromatic carbocycles. The Balaban J connectivity index is 2.16.